The highest BCUT2D eigenvalue weighted by atomic mass is 16.2. The number of hydrogen-bond acceptors (Lipinski definition) is 3. The smallest absolute Gasteiger partial charge is 0.246 e. The van der Waals surface area contributed by atoms with Gasteiger partial charge in [0, 0.05) is 20.0 Å². The van der Waals surface area contributed by atoms with E-state index in [-0.39, 0.29) is 29.8 Å². The van der Waals surface area contributed by atoms with Gasteiger partial charge in [-0.25, -0.2) is 0 Å². The zero-order chi connectivity index (χ0) is 13.3. The molecule has 0 aromatic rings. The summed E-state index contributed by atoms with van der Waals surface area (Å²) in [5.41, 5.74) is 0. The molecule has 0 unspecified atom stereocenters. The van der Waals surface area contributed by atoms with Crippen LogP contribution < -0.4 is 10.6 Å². The van der Waals surface area contributed by atoms with Crippen LogP contribution in [0.5, 0.6) is 0 Å². The second-order valence-electron chi connectivity index (χ2n) is 4.94. The quantitative estimate of drug-likeness (QED) is 0.689. The van der Waals surface area contributed by atoms with Crippen LogP contribution >= 0.6 is 0 Å². The molecular formula is C12H19N3O3. The first-order chi connectivity index (χ1) is 8.54. The molecule has 3 atom stereocenters. The number of fused-ring (bicyclic) bond motifs is 1. The third kappa shape index (κ3) is 2.19. The van der Waals surface area contributed by atoms with Gasteiger partial charge in [-0.05, 0) is 25.7 Å². The third-order valence-corrected chi connectivity index (χ3v) is 3.77. The molecule has 6 heteroatoms. The van der Waals surface area contributed by atoms with Crippen molar-refractivity contribution in [1.82, 2.24) is 15.5 Å². The van der Waals surface area contributed by atoms with Crippen LogP contribution in [0.15, 0.2) is 0 Å². The van der Waals surface area contributed by atoms with E-state index < -0.39 is 6.04 Å². The van der Waals surface area contributed by atoms with E-state index in [1.807, 2.05) is 0 Å². The minimum absolute atomic E-state index is 0.116. The van der Waals surface area contributed by atoms with Crippen LogP contribution in [-0.4, -0.2) is 47.8 Å². The molecule has 0 aromatic carbocycles. The van der Waals surface area contributed by atoms with Gasteiger partial charge in [0.05, 0.1) is 0 Å². The Labute approximate surface area is 106 Å². The fraction of sp³-hybridized carbons (Fsp3) is 0.750. The van der Waals surface area contributed by atoms with E-state index in [1.54, 1.807) is 11.9 Å². The molecule has 0 radical (unpaired) electrons. The Morgan fingerprint density at radius 2 is 1.89 bits per heavy atom. The fourth-order valence-electron chi connectivity index (χ4n) is 2.97. The molecule has 6 nitrogen and oxygen atoms in total. The summed E-state index contributed by atoms with van der Waals surface area (Å²) in [4.78, 5) is 36.8. The van der Waals surface area contributed by atoms with Crippen LogP contribution in [0.3, 0.4) is 0 Å². The van der Waals surface area contributed by atoms with Crippen molar-refractivity contribution in [3.05, 3.63) is 0 Å². The van der Waals surface area contributed by atoms with Gasteiger partial charge in [0.15, 0.2) is 0 Å². The van der Waals surface area contributed by atoms with Crippen LogP contribution in [0.2, 0.25) is 0 Å². The fourth-order valence-corrected chi connectivity index (χ4v) is 2.97. The van der Waals surface area contributed by atoms with Gasteiger partial charge in [0.25, 0.3) is 0 Å². The molecule has 0 bridgehead atoms. The molecule has 0 aliphatic carbocycles. The first-order valence-electron chi connectivity index (χ1n) is 6.35. The topological polar surface area (TPSA) is 78.5 Å². The molecule has 18 heavy (non-hydrogen) atoms. The van der Waals surface area contributed by atoms with Gasteiger partial charge < -0.3 is 15.5 Å². The summed E-state index contributed by atoms with van der Waals surface area (Å²) in [6.07, 6.45) is 3.10. The molecule has 0 aromatic heterocycles. The summed E-state index contributed by atoms with van der Waals surface area (Å²) in [5, 5.41) is 5.26. The number of carbonyl (C=O) groups excluding carboxylic acids is 3. The summed E-state index contributed by atoms with van der Waals surface area (Å²) >= 11 is 0. The van der Waals surface area contributed by atoms with E-state index in [0.29, 0.717) is 12.8 Å². The number of likely N-dealkylation sites (N-methyl/N-ethyl adjacent to an activating group) is 1. The largest absolute Gasteiger partial charge is 0.357 e. The van der Waals surface area contributed by atoms with Crippen molar-refractivity contribution in [1.29, 1.82) is 0 Å². The number of piperidine rings is 1. The zero-order valence-electron chi connectivity index (χ0n) is 10.7. The lowest BCUT2D eigenvalue weighted by atomic mass is 9.98. The summed E-state index contributed by atoms with van der Waals surface area (Å²) in [6, 6.07) is -0.683. The Morgan fingerprint density at radius 1 is 1.22 bits per heavy atom. The molecule has 3 amide bonds. The summed E-state index contributed by atoms with van der Waals surface area (Å²) in [5.74, 6) is -0.440. The molecule has 2 N–H and O–H groups in total. The molecule has 2 saturated heterocycles. The molecule has 2 heterocycles. The maximum absolute atomic E-state index is 12.3. The van der Waals surface area contributed by atoms with E-state index in [0.717, 1.165) is 12.8 Å². The predicted molar refractivity (Wildman–Crippen MR) is 64.6 cm³/mol. The number of rotatable bonds is 2. The average Bonchev–Trinajstić information content (AvgIpc) is 2.76. The predicted octanol–water partition coefficient (Wildman–Crippen LogP) is -0.609. The molecule has 0 spiro atoms. The molecule has 0 saturated carbocycles. The minimum atomic E-state index is -0.469. The van der Waals surface area contributed by atoms with E-state index in [2.05, 4.69) is 10.6 Å². The highest BCUT2D eigenvalue weighted by molar-refractivity contribution is 5.93. The van der Waals surface area contributed by atoms with E-state index >= 15 is 0 Å². The number of nitrogens with zero attached hydrogens (tertiary/aromatic N) is 1. The lowest BCUT2D eigenvalue weighted by Gasteiger charge is -2.37. The number of nitrogens with one attached hydrogen (secondary N) is 2. The van der Waals surface area contributed by atoms with Crippen molar-refractivity contribution >= 4 is 17.7 Å². The Hall–Kier alpha value is -1.59. The summed E-state index contributed by atoms with van der Waals surface area (Å²) in [6.45, 7) is 1.40. The first kappa shape index (κ1) is 12.9. The zero-order valence-corrected chi connectivity index (χ0v) is 10.7. The van der Waals surface area contributed by atoms with E-state index in [9.17, 15) is 14.4 Å². The van der Waals surface area contributed by atoms with Gasteiger partial charge in [0.2, 0.25) is 17.7 Å². The molecule has 2 fully saturated rings. The molecule has 2 aliphatic heterocycles. The Morgan fingerprint density at radius 3 is 2.50 bits per heavy atom. The molecular weight excluding hydrogens is 234 g/mol. The van der Waals surface area contributed by atoms with Gasteiger partial charge in [-0.3, -0.25) is 14.4 Å². The lowest BCUT2D eigenvalue weighted by Crippen LogP contribution is -2.58. The second-order valence-corrected chi connectivity index (χ2v) is 4.94. The van der Waals surface area contributed by atoms with Crippen molar-refractivity contribution in [3.63, 3.8) is 0 Å². The van der Waals surface area contributed by atoms with Gasteiger partial charge in [-0.1, -0.05) is 0 Å². The van der Waals surface area contributed by atoms with Gasteiger partial charge in [-0.2, -0.15) is 0 Å². The lowest BCUT2D eigenvalue weighted by molar-refractivity contribution is -0.145. The monoisotopic (exact) mass is 253 g/mol. The Balaban J connectivity index is 2.13. The van der Waals surface area contributed by atoms with Crippen LogP contribution in [0, 0.1) is 0 Å². The van der Waals surface area contributed by atoms with Gasteiger partial charge in [-0.15, -0.1) is 0 Å². The maximum Gasteiger partial charge on any atom is 0.246 e. The number of carbonyl (C=O) groups is 3. The molecule has 2 rings (SSSR count). The van der Waals surface area contributed by atoms with Crippen molar-refractivity contribution in [3.8, 4) is 0 Å². The van der Waals surface area contributed by atoms with Crippen LogP contribution in [0.4, 0.5) is 0 Å². The normalized spacial score (nSPS) is 30.9. The second kappa shape index (κ2) is 4.96. The molecule has 100 valence electrons. The number of hydrogen-bond donors (Lipinski definition) is 2. The number of amides is 3. The van der Waals surface area contributed by atoms with Crippen molar-refractivity contribution in [2.75, 3.05) is 7.05 Å². The Kier molecular flexibility index (Phi) is 3.54. The van der Waals surface area contributed by atoms with E-state index in [1.165, 1.54) is 6.92 Å². The Bertz CT molecular complexity index is 383. The minimum Gasteiger partial charge on any atom is -0.357 e. The van der Waals surface area contributed by atoms with Crippen LogP contribution in [0.25, 0.3) is 0 Å². The SMILES string of the molecule is CNC(=O)[C@@H]1CC[C@@H]2CC[C@H](NC(C)=O)C(=O)N21. The van der Waals surface area contributed by atoms with Crippen molar-refractivity contribution in [2.45, 2.75) is 50.7 Å². The van der Waals surface area contributed by atoms with Crippen molar-refractivity contribution in [2.24, 2.45) is 0 Å². The van der Waals surface area contributed by atoms with Crippen molar-refractivity contribution < 1.29 is 14.4 Å². The summed E-state index contributed by atoms with van der Waals surface area (Å²) < 4.78 is 0. The summed E-state index contributed by atoms with van der Waals surface area (Å²) in [7, 11) is 1.58. The highest BCUT2D eigenvalue weighted by Crippen LogP contribution is 2.32. The third-order valence-electron chi connectivity index (χ3n) is 3.77. The van der Waals surface area contributed by atoms with Crippen LogP contribution in [0.1, 0.15) is 32.6 Å². The van der Waals surface area contributed by atoms with Crippen LogP contribution in [-0.2, 0) is 14.4 Å². The van der Waals surface area contributed by atoms with Gasteiger partial charge >= 0.3 is 0 Å². The average molecular weight is 253 g/mol. The maximum atomic E-state index is 12.3. The van der Waals surface area contributed by atoms with E-state index in [4.69, 9.17) is 0 Å². The first-order valence-corrected chi connectivity index (χ1v) is 6.35. The highest BCUT2D eigenvalue weighted by Gasteiger charge is 2.45. The molecule has 2 aliphatic rings. The van der Waals surface area contributed by atoms with Gasteiger partial charge in [0.1, 0.15) is 12.1 Å². The standard InChI is InChI=1S/C12H19N3O3/c1-7(16)14-9-5-3-8-4-6-10(11(17)13-2)15(8)12(9)18/h8-10H,3-6H2,1-2H3,(H,13,17)(H,14,16)/t8-,9-,10-/m0/s1.